The van der Waals surface area contributed by atoms with Crippen molar-refractivity contribution in [2.24, 2.45) is 0 Å². The van der Waals surface area contributed by atoms with Gasteiger partial charge in [-0.15, -0.1) is 0 Å². The zero-order valence-corrected chi connectivity index (χ0v) is 9.07. The average molecular weight is 205 g/mol. The van der Waals surface area contributed by atoms with Crippen LogP contribution in [0.15, 0.2) is 24.3 Å². The Hall–Kier alpha value is -1.06. The molecule has 3 nitrogen and oxygen atoms in total. The van der Waals surface area contributed by atoms with E-state index in [-0.39, 0.29) is 6.17 Å². The second-order valence-electron chi connectivity index (χ2n) is 3.65. The Labute approximate surface area is 90.8 Å². The molecule has 0 bridgehead atoms. The van der Waals surface area contributed by atoms with Crippen LogP contribution in [-0.2, 0) is 0 Å². The minimum atomic E-state index is 0.123. The van der Waals surface area contributed by atoms with Crippen LogP contribution in [0.25, 0.3) is 0 Å². The number of rotatable bonds is 4. The number of nitrogens with zero attached hydrogens (tertiary/aromatic N) is 1. The Bertz CT molecular complexity index is 308. The second kappa shape index (κ2) is 5.14. The first kappa shape index (κ1) is 10.5. The number of ether oxygens (including phenoxy) is 1. The van der Waals surface area contributed by atoms with E-state index in [4.69, 9.17) is 4.74 Å². The summed E-state index contributed by atoms with van der Waals surface area (Å²) in [4.78, 5) is 0. The number of hydrogen-bond acceptors (Lipinski definition) is 2. The first-order valence-electron chi connectivity index (χ1n) is 5.53. The molecular formula is C12H17N2O. The van der Waals surface area contributed by atoms with Gasteiger partial charge < -0.3 is 4.74 Å². The predicted octanol–water partition coefficient (Wildman–Crippen LogP) is 1.68. The molecule has 1 aromatic carbocycles. The van der Waals surface area contributed by atoms with Crippen molar-refractivity contribution >= 4 is 0 Å². The fraction of sp³-hybridized carbons (Fsp3) is 0.500. The lowest BCUT2D eigenvalue weighted by atomic mass is 10.1. The van der Waals surface area contributed by atoms with E-state index in [1.165, 1.54) is 0 Å². The smallest absolute Gasteiger partial charge is 0.125 e. The van der Waals surface area contributed by atoms with Gasteiger partial charge in [-0.3, -0.25) is 5.32 Å². The van der Waals surface area contributed by atoms with Gasteiger partial charge in [0.1, 0.15) is 11.9 Å². The Morgan fingerprint density at radius 3 is 3.07 bits per heavy atom. The molecule has 1 N–H and O–H groups in total. The molecule has 1 saturated heterocycles. The molecule has 1 aromatic rings. The summed E-state index contributed by atoms with van der Waals surface area (Å²) >= 11 is 0. The van der Waals surface area contributed by atoms with Crippen molar-refractivity contribution in [3.05, 3.63) is 29.8 Å². The van der Waals surface area contributed by atoms with Crippen molar-refractivity contribution in [1.29, 1.82) is 0 Å². The van der Waals surface area contributed by atoms with Gasteiger partial charge in [-0.25, -0.2) is 5.32 Å². The topological polar surface area (TPSA) is 35.4 Å². The molecule has 0 aliphatic carbocycles. The fourth-order valence-electron chi connectivity index (χ4n) is 1.72. The van der Waals surface area contributed by atoms with Crippen LogP contribution in [0, 0.1) is 0 Å². The molecule has 2 rings (SSSR count). The number of benzene rings is 1. The van der Waals surface area contributed by atoms with Crippen molar-refractivity contribution < 1.29 is 4.74 Å². The van der Waals surface area contributed by atoms with Gasteiger partial charge in [0.05, 0.1) is 6.61 Å². The largest absolute Gasteiger partial charge is 0.493 e. The first-order chi connectivity index (χ1) is 7.42. The molecule has 1 fully saturated rings. The highest BCUT2D eigenvalue weighted by molar-refractivity contribution is 5.36. The average Bonchev–Trinajstić information content (AvgIpc) is 2.80. The number of para-hydroxylation sites is 1. The Balaban J connectivity index is 2.13. The van der Waals surface area contributed by atoms with Crippen molar-refractivity contribution in [3.8, 4) is 5.75 Å². The molecule has 0 spiro atoms. The summed E-state index contributed by atoms with van der Waals surface area (Å²) in [7, 11) is 0. The van der Waals surface area contributed by atoms with E-state index >= 15 is 0 Å². The SMILES string of the molecule is CCCOc1ccccc1C1[N]CCN1. The molecule has 81 valence electrons. The monoisotopic (exact) mass is 205 g/mol. The normalized spacial score (nSPS) is 16.9. The molecule has 1 aliphatic heterocycles. The van der Waals surface area contributed by atoms with E-state index in [1.807, 2.05) is 18.2 Å². The van der Waals surface area contributed by atoms with Gasteiger partial charge in [0.15, 0.2) is 0 Å². The third kappa shape index (κ3) is 2.49. The molecule has 0 amide bonds. The third-order valence-electron chi connectivity index (χ3n) is 2.44. The summed E-state index contributed by atoms with van der Waals surface area (Å²) in [6, 6.07) is 8.13. The van der Waals surface area contributed by atoms with Crippen LogP contribution in [0.4, 0.5) is 0 Å². The quantitative estimate of drug-likeness (QED) is 0.811. The summed E-state index contributed by atoms with van der Waals surface area (Å²) in [5.41, 5.74) is 1.16. The van der Waals surface area contributed by atoms with Gasteiger partial charge in [-0.1, -0.05) is 25.1 Å². The maximum absolute atomic E-state index is 5.70. The maximum atomic E-state index is 5.70. The minimum Gasteiger partial charge on any atom is -0.493 e. The van der Waals surface area contributed by atoms with E-state index < -0.39 is 0 Å². The van der Waals surface area contributed by atoms with Gasteiger partial charge in [0.2, 0.25) is 0 Å². The van der Waals surface area contributed by atoms with Crippen LogP contribution in [0.1, 0.15) is 25.1 Å². The summed E-state index contributed by atoms with van der Waals surface area (Å²) in [5, 5.41) is 7.83. The molecule has 1 heterocycles. The molecule has 1 radical (unpaired) electrons. The molecule has 0 saturated carbocycles. The Morgan fingerprint density at radius 1 is 1.47 bits per heavy atom. The van der Waals surface area contributed by atoms with Crippen molar-refractivity contribution in [2.45, 2.75) is 19.5 Å². The van der Waals surface area contributed by atoms with E-state index in [0.29, 0.717) is 0 Å². The first-order valence-corrected chi connectivity index (χ1v) is 5.53. The van der Waals surface area contributed by atoms with Gasteiger partial charge in [-0.05, 0) is 12.5 Å². The highest BCUT2D eigenvalue weighted by Crippen LogP contribution is 2.25. The maximum Gasteiger partial charge on any atom is 0.125 e. The summed E-state index contributed by atoms with van der Waals surface area (Å²) in [6.07, 6.45) is 1.15. The fourth-order valence-corrected chi connectivity index (χ4v) is 1.72. The van der Waals surface area contributed by atoms with E-state index in [2.05, 4.69) is 23.6 Å². The zero-order valence-electron chi connectivity index (χ0n) is 9.07. The number of nitrogens with one attached hydrogen (secondary N) is 1. The van der Waals surface area contributed by atoms with Crippen LogP contribution in [0.3, 0.4) is 0 Å². The van der Waals surface area contributed by atoms with Crippen LogP contribution in [0.5, 0.6) is 5.75 Å². The lowest BCUT2D eigenvalue weighted by Gasteiger charge is -2.15. The van der Waals surface area contributed by atoms with Crippen molar-refractivity contribution in [2.75, 3.05) is 19.7 Å². The minimum absolute atomic E-state index is 0.123. The highest BCUT2D eigenvalue weighted by atomic mass is 16.5. The standard InChI is InChI=1S/C12H17N2O/c1-2-9-15-11-6-4-3-5-10(11)12-13-7-8-14-12/h3-6,12-13H,2,7-9H2,1H3. The third-order valence-corrected chi connectivity index (χ3v) is 2.44. The van der Waals surface area contributed by atoms with E-state index in [0.717, 1.165) is 37.4 Å². The van der Waals surface area contributed by atoms with Crippen molar-refractivity contribution in [3.63, 3.8) is 0 Å². The molecule has 0 aromatic heterocycles. The molecule has 1 unspecified atom stereocenters. The second-order valence-corrected chi connectivity index (χ2v) is 3.65. The van der Waals surface area contributed by atoms with Gasteiger partial charge in [-0.2, -0.15) is 0 Å². The van der Waals surface area contributed by atoms with Crippen LogP contribution in [0.2, 0.25) is 0 Å². The Morgan fingerprint density at radius 2 is 2.33 bits per heavy atom. The van der Waals surface area contributed by atoms with Gasteiger partial charge >= 0.3 is 0 Å². The molecule has 15 heavy (non-hydrogen) atoms. The summed E-state index contributed by atoms with van der Waals surface area (Å²) < 4.78 is 5.70. The lowest BCUT2D eigenvalue weighted by Crippen LogP contribution is -2.18. The van der Waals surface area contributed by atoms with Crippen LogP contribution >= 0.6 is 0 Å². The van der Waals surface area contributed by atoms with Gasteiger partial charge in [0.25, 0.3) is 0 Å². The predicted molar refractivity (Wildman–Crippen MR) is 60.0 cm³/mol. The summed E-state index contributed by atoms with van der Waals surface area (Å²) in [5.74, 6) is 0.961. The van der Waals surface area contributed by atoms with E-state index in [1.54, 1.807) is 0 Å². The van der Waals surface area contributed by atoms with Crippen LogP contribution in [-0.4, -0.2) is 19.7 Å². The molecule has 1 aliphatic rings. The highest BCUT2D eigenvalue weighted by Gasteiger charge is 2.19. The lowest BCUT2D eigenvalue weighted by molar-refractivity contribution is 0.310. The zero-order chi connectivity index (χ0) is 10.5. The Kier molecular flexibility index (Phi) is 3.59. The number of hydrogen-bond donors (Lipinski definition) is 1. The van der Waals surface area contributed by atoms with Crippen LogP contribution < -0.4 is 15.4 Å². The van der Waals surface area contributed by atoms with E-state index in [9.17, 15) is 0 Å². The summed E-state index contributed by atoms with van der Waals surface area (Å²) in [6.45, 7) is 4.74. The molecule has 1 atom stereocenters. The van der Waals surface area contributed by atoms with Crippen molar-refractivity contribution in [1.82, 2.24) is 10.6 Å². The van der Waals surface area contributed by atoms with Gasteiger partial charge in [0, 0.05) is 18.7 Å². The molecular weight excluding hydrogens is 188 g/mol. The molecule has 3 heteroatoms.